The predicted molar refractivity (Wildman–Crippen MR) is 101 cm³/mol. The molecule has 0 atom stereocenters. The van der Waals surface area contributed by atoms with Crippen molar-refractivity contribution in [3.63, 3.8) is 0 Å². The molecule has 0 aliphatic carbocycles. The van der Waals surface area contributed by atoms with E-state index in [4.69, 9.17) is 5.11 Å². The van der Waals surface area contributed by atoms with Crippen molar-refractivity contribution in [1.82, 2.24) is 0 Å². The van der Waals surface area contributed by atoms with Crippen LogP contribution in [0, 0.1) is 11.8 Å². The van der Waals surface area contributed by atoms with Gasteiger partial charge in [0.2, 0.25) is 0 Å². The first-order chi connectivity index (χ1) is 12.2. The Morgan fingerprint density at radius 1 is 0.720 bits per heavy atom. The Morgan fingerprint density at radius 3 is 2.08 bits per heavy atom. The number of hydrogen-bond acceptors (Lipinski definition) is 1. The van der Waals surface area contributed by atoms with Crippen LogP contribution >= 0.6 is 0 Å². The first-order valence-electron chi connectivity index (χ1n) is 7.98. The molecule has 0 saturated heterocycles. The van der Waals surface area contributed by atoms with Gasteiger partial charge in [-0.3, -0.25) is 0 Å². The van der Waals surface area contributed by atoms with E-state index in [1.807, 2.05) is 24.3 Å². The van der Waals surface area contributed by atoms with Crippen molar-refractivity contribution >= 4 is 27.5 Å². The van der Waals surface area contributed by atoms with Gasteiger partial charge < -0.3 is 5.11 Å². The van der Waals surface area contributed by atoms with Crippen molar-refractivity contribution in [2.75, 3.05) is 0 Å². The molecule has 0 bridgehead atoms. The number of carbonyl (C=O) groups is 1. The van der Waals surface area contributed by atoms with E-state index in [1.54, 1.807) is 24.3 Å². The van der Waals surface area contributed by atoms with E-state index in [-0.39, 0.29) is 5.56 Å². The van der Waals surface area contributed by atoms with Crippen LogP contribution in [0.2, 0.25) is 0 Å². The van der Waals surface area contributed by atoms with Crippen molar-refractivity contribution in [1.29, 1.82) is 0 Å². The van der Waals surface area contributed by atoms with E-state index in [0.29, 0.717) is 0 Å². The molecule has 0 heterocycles. The molecule has 0 radical (unpaired) electrons. The molecule has 0 aromatic heterocycles. The second-order valence-corrected chi connectivity index (χ2v) is 5.82. The maximum atomic E-state index is 10.9. The smallest absolute Gasteiger partial charge is 0.335 e. The molecule has 0 aliphatic heterocycles. The lowest BCUT2D eigenvalue weighted by Crippen LogP contribution is -1.94. The summed E-state index contributed by atoms with van der Waals surface area (Å²) in [5.41, 5.74) is 2.03. The van der Waals surface area contributed by atoms with Gasteiger partial charge in [0.15, 0.2) is 0 Å². The monoisotopic (exact) mass is 322 g/mol. The molecule has 0 fully saturated rings. The fourth-order valence-electron chi connectivity index (χ4n) is 2.99. The minimum absolute atomic E-state index is 0.265. The highest BCUT2D eigenvalue weighted by atomic mass is 16.4. The molecule has 0 unspecified atom stereocenters. The lowest BCUT2D eigenvalue weighted by molar-refractivity contribution is 0.0697. The Labute approximate surface area is 145 Å². The molecule has 1 N–H and O–H groups in total. The van der Waals surface area contributed by atoms with Crippen LogP contribution in [0.5, 0.6) is 0 Å². The van der Waals surface area contributed by atoms with Crippen LogP contribution in [-0.2, 0) is 0 Å². The molecule has 0 aliphatic rings. The average Bonchev–Trinajstić information content (AvgIpc) is 2.66. The fraction of sp³-hybridized carbons (Fsp3) is 0. The molecule has 0 saturated carbocycles. The minimum atomic E-state index is -0.931. The summed E-state index contributed by atoms with van der Waals surface area (Å²) in [7, 11) is 0. The summed E-state index contributed by atoms with van der Waals surface area (Å²) in [6.45, 7) is 0. The molecule has 0 spiro atoms. The molecular weight excluding hydrogens is 308 g/mol. The number of carboxylic acids is 1. The first kappa shape index (κ1) is 15.0. The second kappa shape index (κ2) is 6.14. The highest BCUT2D eigenvalue weighted by Gasteiger charge is 2.04. The zero-order valence-electron chi connectivity index (χ0n) is 13.4. The van der Waals surface area contributed by atoms with Crippen molar-refractivity contribution < 1.29 is 9.90 Å². The van der Waals surface area contributed by atoms with Gasteiger partial charge in [-0.25, -0.2) is 4.79 Å². The summed E-state index contributed by atoms with van der Waals surface area (Å²) < 4.78 is 0. The lowest BCUT2D eigenvalue weighted by atomic mass is 9.97. The minimum Gasteiger partial charge on any atom is -0.478 e. The van der Waals surface area contributed by atoms with Gasteiger partial charge in [0.05, 0.1) is 5.56 Å². The molecule has 4 aromatic carbocycles. The first-order valence-corrected chi connectivity index (χ1v) is 7.98. The lowest BCUT2D eigenvalue weighted by Gasteiger charge is -2.06. The molecular formula is C23H14O2. The van der Waals surface area contributed by atoms with Crippen molar-refractivity contribution in [3.8, 4) is 11.8 Å². The van der Waals surface area contributed by atoms with E-state index >= 15 is 0 Å². The summed E-state index contributed by atoms with van der Waals surface area (Å²) in [4.78, 5) is 10.9. The summed E-state index contributed by atoms with van der Waals surface area (Å²) in [5.74, 6) is 5.46. The summed E-state index contributed by atoms with van der Waals surface area (Å²) in [6.07, 6.45) is 0. The van der Waals surface area contributed by atoms with Crippen molar-refractivity contribution in [3.05, 3.63) is 95.6 Å². The van der Waals surface area contributed by atoms with Crippen LogP contribution in [0.1, 0.15) is 21.5 Å². The van der Waals surface area contributed by atoms with Gasteiger partial charge in [-0.05, 0) is 51.9 Å². The Morgan fingerprint density at radius 2 is 1.36 bits per heavy atom. The van der Waals surface area contributed by atoms with E-state index in [9.17, 15) is 4.79 Å². The highest BCUT2D eigenvalue weighted by molar-refractivity contribution is 6.09. The fourth-order valence-corrected chi connectivity index (χ4v) is 2.99. The van der Waals surface area contributed by atoms with E-state index in [2.05, 4.69) is 42.2 Å². The van der Waals surface area contributed by atoms with Gasteiger partial charge in [-0.15, -0.1) is 0 Å². The van der Waals surface area contributed by atoms with Gasteiger partial charge in [0.1, 0.15) is 0 Å². The number of carboxylic acid groups (broad SMARTS) is 1. The maximum Gasteiger partial charge on any atom is 0.335 e. The van der Waals surface area contributed by atoms with Crippen LogP contribution < -0.4 is 0 Å². The van der Waals surface area contributed by atoms with Crippen molar-refractivity contribution in [2.24, 2.45) is 0 Å². The average molecular weight is 322 g/mol. The second-order valence-electron chi connectivity index (χ2n) is 5.82. The summed E-state index contributed by atoms with van der Waals surface area (Å²) in [6, 6.07) is 25.3. The van der Waals surface area contributed by atoms with Crippen molar-refractivity contribution in [2.45, 2.75) is 0 Å². The third-order valence-corrected chi connectivity index (χ3v) is 4.24. The van der Waals surface area contributed by atoms with Crippen LogP contribution in [-0.4, -0.2) is 11.1 Å². The Balaban J connectivity index is 1.85. The van der Waals surface area contributed by atoms with Crippen LogP contribution in [0.15, 0.2) is 78.9 Å². The number of hydrogen-bond donors (Lipinski definition) is 1. The molecule has 2 nitrogen and oxygen atoms in total. The van der Waals surface area contributed by atoms with Crippen LogP contribution in [0.4, 0.5) is 0 Å². The topological polar surface area (TPSA) is 37.3 Å². The molecule has 4 aromatic rings. The van der Waals surface area contributed by atoms with Crippen LogP contribution in [0.3, 0.4) is 0 Å². The highest BCUT2D eigenvalue weighted by Crippen LogP contribution is 2.28. The normalized spacial score (nSPS) is 10.4. The number of benzene rings is 4. The van der Waals surface area contributed by atoms with E-state index in [0.717, 1.165) is 21.9 Å². The zero-order valence-corrected chi connectivity index (χ0v) is 13.4. The Kier molecular flexibility index (Phi) is 3.68. The maximum absolute atomic E-state index is 10.9. The van der Waals surface area contributed by atoms with Gasteiger partial charge in [0.25, 0.3) is 0 Å². The molecule has 0 amide bonds. The molecule has 25 heavy (non-hydrogen) atoms. The molecule has 4 rings (SSSR count). The quantitative estimate of drug-likeness (QED) is 0.391. The van der Waals surface area contributed by atoms with E-state index < -0.39 is 5.97 Å². The number of rotatable bonds is 1. The standard InChI is InChI=1S/C23H14O2/c24-23(25)17-12-9-16(10-13-17)11-14-19-15-18-5-1-2-6-20(18)22-8-4-3-7-21(19)22/h1-10,12-13,15H,(H,24,25). The Hall–Kier alpha value is -3.57. The number of fused-ring (bicyclic) bond motifs is 3. The summed E-state index contributed by atoms with van der Waals surface area (Å²) in [5, 5.41) is 13.7. The van der Waals surface area contributed by atoms with Gasteiger partial charge in [0, 0.05) is 11.1 Å². The molecule has 2 heteroatoms. The molecule has 118 valence electrons. The third-order valence-electron chi connectivity index (χ3n) is 4.24. The summed E-state index contributed by atoms with van der Waals surface area (Å²) >= 11 is 0. The van der Waals surface area contributed by atoms with Crippen LogP contribution in [0.25, 0.3) is 21.5 Å². The zero-order chi connectivity index (χ0) is 17.2. The SMILES string of the molecule is O=C(O)c1ccc(C#Cc2cc3ccccc3c3ccccc23)cc1. The Bertz CT molecular complexity index is 1160. The predicted octanol–water partition coefficient (Wildman–Crippen LogP) is 5.09. The van der Waals surface area contributed by atoms with Gasteiger partial charge >= 0.3 is 5.97 Å². The van der Waals surface area contributed by atoms with Gasteiger partial charge in [-0.1, -0.05) is 60.4 Å². The third kappa shape index (κ3) is 2.84. The largest absolute Gasteiger partial charge is 0.478 e. The van der Waals surface area contributed by atoms with Gasteiger partial charge in [-0.2, -0.15) is 0 Å². The van der Waals surface area contributed by atoms with E-state index in [1.165, 1.54) is 10.8 Å². The number of aromatic carboxylic acids is 1.